The molecule has 21 heavy (non-hydrogen) atoms. The fourth-order valence-corrected chi connectivity index (χ4v) is 6.21. The quantitative estimate of drug-likeness (QED) is 0.601. The topological polar surface area (TPSA) is 66.5 Å². The Bertz CT molecular complexity index is 488. The van der Waals surface area contributed by atoms with Crippen molar-refractivity contribution in [3.05, 3.63) is 11.1 Å². The standard InChI is InChI=1S/C18H29NO2/c1-17-6-7-18(19)14-5-3-12(20)8-11(14)2-4-15(18)16(17)9-13(21)10-17/h11-14,20-21H,2-10,19H2,1H3/t11-,12?,13+,14?,17?,18-/m0/s1. The smallest absolute Gasteiger partial charge is 0.0585 e. The van der Waals surface area contributed by atoms with E-state index >= 15 is 0 Å². The molecular formula is C18H29NO2. The molecule has 0 amide bonds. The number of aliphatic hydroxyl groups excluding tert-OH is 2. The zero-order valence-electron chi connectivity index (χ0n) is 13.1. The van der Waals surface area contributed by atoms with Gasteiger partial charge in [-0.1, -0.05) is 18.1 Å². The highest BCUT2D eigenvalue weighted by Crippen LogP contribution is 2.60. The monoisotopic (exact) mass is 291 g/mol. The Morgan fingerprint density at radius 2 is 1.86 bits per heavy atom. The lowest BCUT2D eigenvalue weighted by atomic mass is 9.53. The summed E-state index contributed by atoms with van der Waals surface area (Å²) in [5.74, 6) is 1.17. The van der Waals surface area contributed by atoms with E-state index in [0.29, 0.717) is 11.8 Å². The molecule has 0 aromatic heterocycles. The number of fused-ring (bicyclic) bond motifs is 4. The Kier molecular flexibility index (Phi) is 3.09. The zero-order chi connectivity index (χ0) is 14.8. The average molecular weight is 291 g/mol. The van der Waals surface area contributed by atoms with E-state index in [1.807, 2.05) is 0 Å². The molecule has 4 aliphatic rings. The number of hydrogen-bond acceptors (Lipinski definition) is 3. The zero-order valence-corrected chi connectivity index (χ0v) is 13.1. The maximum Gasteiger partial charge on any atom is 0.0585 e. The molecule has 118 valence electrons. The highest BCUT2D eigenvalue weighted by Gasteiger charge is 2.55. The van der Waals surface area contributed by atoms with Crippen LogP contribution < -0.4 is 5.73 Å². The van der Waals surface area contributed by atoms with Crippen LogP contribution in [0.15, 0.2) is 11.1 Å². The fourth-order valence-electron chi connectivity index (χ4n) is 6.21. The van der Waals surface area contributed by atoms with Crippen molar-refractivity contribution in [1.82, 2.24) is 0 Å². The Morgan fingerprint density at radius 3 is 2.67 bits per heavy atom. The lowest BCUT2D eigenvalue weighted by Gasteiger charge is -2.55. The summed E-state index contributed by atoms with van der Waals surface area (Å²) < 4.78 is 0. The first-order chi connectivity index (χ1) is 9.92. The molecule has 0 bridgehead atoms. The van der Waals surface area contributed by atoms with Crippen LogP contribution >= 0.6 is 0 Å². The van der Waals surface area contributed by atoms with Crippen molar-refractivity contribution in [3.8, 4) is 0 Å². The minimum Gasteiger partial charge on any atom is -0.393 e. The molecular weight excluding hydrogens is 262 g/mol. The normalized spacial score (nSPS) is 53.1. The van der Waals surface area contributed by atoms with E-state index < -0.39 is 0 Å². The molecule has 0 aromatic rings. The summed E-state index contributed by atoms with van der Waals surface area (Å²) >= 11 is 0. The van der Waals surface area contributed by atoms with Crippen LogP contribution in [0, 0.1) is 17.3 Å². The van der Waals surface area contributed by atoms with Gasteiger partial charge in [-0.2, -0.15) is 0 Å². The van der Waals surface area contributed by atoms with Crippen LogP contribution in [0.5, 0.6) is 0 Å². The summed E-state index contributed by atoms with van der Waals surface area (Å²) in [6.45, 7) is 2.34. The van der Waals surface area contributed by atoms with E-state index in [9.17, 15) is 10.2 Å². The van der Waals surface area contributed by atoms with Crippen molar-refractivity contribution >= 4 is 0 Å². The summed E-state index contributed by atoms with van der Waals surface area (Å²) in [6.07, 6.45) is 8.95. The number of nitrogens with two attached hydrogens (primary N) is 1. The van der Waals surface area contributed by atoms with Crippen LogP contribution in [-0.2, 0) is 0 Å². The van der Waals surface area contributed by atoms with E-state index in [-0.39, 0.29) is 23.2 Å². The Hall–Kier alpha value is -0.380. The van der Waals surface area contributed by atoms with Crippen molar-refractivity contribution in [2.24, 2.45) is 23.0 Å². The van der Waals surface area contributed by atoms with Gasteiger partial charge in [0.25, 0.3) is 0 Å². The molecule has 4 N–H and O–H groups in total. The Balaban J connectivity index is 1.73. The average Bonchev–Trinajstić information content (AvgIpc) is 2.73. The van der Waals surface area contributed by atoms with E-state index in [1.54, 1.807) is 0 Å². The van der Waals surface area contributed by atoms with Gasteiger partial charge in [0.05, 0.1) is 12.2 Å². The van der Waals surface area contributed by atoms with Crippen molar-refractivity contribution < 1.29 is 10.2 Å². The molecule has 3 nitrogen and oxygen atoms in total. The molecule has 0 aromatic carbocycles. The molecule has 0 aliphatic heterocycles. The summed E-state index contributed by atoms with van der Waals surface area (Å²) in [5.41, 5.74) is 10.1. The third-order valence-corrected chi connectivity index (χ3v) is 7.25. The fraction of sp³-hybridized carbons (Fsp3) is 0.889. The van der Waals surface area contributed by atoms with Crippen LogP contribution in [-0.4, -0.2) is 28.0 Å². The van der Waals surface area contributed by atoms with Gasteiger partial charge in [0.1, 0.15) is 0 Å². The summed E-state index contributed by atoms with van der Waals surface area (Å²) in [7, 11) is 0. The minimum absolute atomic E-state index is 0.105. The molecule has 3 heteroatoms. The van der Waals surface area contributed by atoms with Gasteiger partial charge >= 0.3 is 0 Å². The SMILES string of the molecule is CC12CC[C@@]3(N)C(=C1C[C@@H](O)C2)CC[C@H]1CC(O)CCC13. The van der Waals surface area contributed by atoms with Gasteiger partial charge in [0, 0.05) is 5.54 Å². The lowest BCUT2D eigenvalue weighted by molar-refractivity contribution is 0.0177. The van der Waals surface area contributed by atoms with Crippen molar-refractivity contribution in [2.45, 2.75) is 82.5 Å². The molecule has 3 fully saturated rings. The van der Waals surface area contributed by atoms with Gasteiger partial charge in [0.15, 0.2) is 0 Å². The molecule has 0 saturated heterocycles. The molecule has 6 atom stereocenters. The van der Waals surface area contributed by atoms with E-state index in [1.165, 1.54) is 17.6 Å². The van der Waals surface area contributed by atoms with E-state index in [4.69, 9.17) is 5.73 Å². The van der Waals surface area contributed by atoms with E-state index in [2.05, 4.69) is 6.92 Å². The second-order valence-electron chi connectivity index (χ2n) is 8.49. The van der Waals surface area contributed by atoms with E-state index in [0.717, 1.165) is 51.4 Å². The first-order valence-electron chi connectivity index (χ1n) is 8.80. The number of aliphatic hydroxyl groups is 2. The maximum atomic E-state index is 10.2. The third-order valence-electron chi connectivity index (χ3n) is 7.25. The number of hydrogen-bond donors (Lipinski definition) is 3. The minimum atomic E-state index is -0.161. The third kappa shape index (κ3) is 1.97. The highest BCUT2D eigenvalue weighted by atomic mass is 16.3. The van der Waals surface area contributed by atoms with Crippen molar-refractivity contribution in [3.63, 3.8) is 0 Å². The largest absolute Gasteiger partial charge is 0.393 e. The summed E-state index contributed by atoms with van der Waals surface area (Å²) in [4.78, 5) is 0. The van der Waals surface area contributed by atoms with Gasteiger partial charge in [-0.3, -0.25) is 0 Å². The predicted octanol–water partition coefficient (Wildman–Crippen LogP) is 2.51. The molecule has 4 rings (SSSR count). The van der Waals surface area contributed by atoms with Crippen LogP contribution in [0.3, 0.4) is 0 Å². The number of rotatable bonds is 0. The maximum absolute atomic E-state index is 10.2. The van der Waals surface area contributed by atoms with Crippen LogP contribution in [0.2, 0.25) is 0 Å². The molecule has 4 aliphatic carbocycles. The Labute approximate surface area is 127 Å². The van der Waals surface area contributed by atoms with Gasteiger partial charge < -0.3 is 15.9 Å². The van der Waals surface area contributed by atoms with Crippen LogP contribution in [0.25, 0.3) is 0 Å². The lowest BCUT2D eigenvalue weighted by Crippen LogP contribution is -2.58. The molecule has 3 saturated carbocycles. The van der Waals surface area contributed by atoms with Crippen molar-refractivity contribution in [2.75, 3.05) is 0 Å². The van der Waals surface area contributed by atoms with Crippen LogP contribution in [0.4, 0.5) is 0 Å². The van der Waals surface area contributed by atoms with Crippen LogP contribution in [0.1, 0.15) is 64.7 Å². The summed E-state index contributed by atoms with van der Waals surface area (Å²) in [5, 5.41) is 20.1. The molecule has 0 radical (unpaired) electrons. The van der Waals surface area contributed by atoms with Gasteiger partial charge in [-0.25, -0.2) is 0 Å². The molecule has 0 heterocycles. The second-order valence-corrected chi connectivity index (χ2v) is 8.49. The first-order valence-corrected chi connectivity index (χ1v) is 8.80. The van der Waals surface area contributed by atoms with Gasteiger partial charge in [-0.05, 0) is 75.0 Å². The second kappa shape index (κ2) is 4.56. The Morgan fingerprint density at radius 1 is 1.05 bits per heavy atom. The van der Waals surface area contributed by atoms with Gasteiger partial charge in [-0.15, -0.1) is 0 Å². The summed E-state index contributed by atoms with van der Waals surface area (Å²) in [6, 6.07) is 0. The highest BCUT2D eigenvalue weighted by molar-refractivity contribution is 5.39. The van der Waals surface area contributed by atoms with Gasteiger partial charge in [0.2, 0.25) is 0 Å². The first kappa shape index (κ1) is 14.2. The molecule has 0 spiro atoms. The predicted molar refractivity (Wildman–Crippen MR) is 82.6 cm³/mol. The van der Waals surface area contributed by atoms with Crippen molar-refractivity contribution in [1.29, 1.82) is 0 Å². The molecule has 3 unspecified atom stereocenters.